The summed E-state index contributed by atoms with van der Waals surface area (Å²) in [5.74, 6) is 0.209. The highest BCUT2D eigenvalue weighted by atomic mass is 16.2. The molecule has 1 amide bonds. The normalized spacial score (nSPS) is 11.6. The van der Waals surface area contributed by atoms with Gasteiger partial charge in [0.2, 0.25) is 0 Å². The van der Waals surface area contributed by atoms with Crippen molar-refractivity contribution in [3.63, 3.8) is 0 Å². The Hall–Kier alpha value is -2.76. The summed E-state index contributed by atoms with van der Waals surface area (Å²) in [6.45, 7) is 10.6. The lowest BCUT2D eigenvalue weighted by Crippen LogP contribution is -2.37. The van der Waals surface area contributed by atoms with Crippen LogP contribution < -0.4 is 0 Å². The smallest absolute Gasteiger partial charge is 0.255 e. The molecule has 27 heavy (non-hydrogen) atoms. The molecule has 0 aliphatic rings. The van der Waals surface area contributed by atoms with Crippen LogP contribution in [0.15, 0.2) is 30.5 Å². The van der Waals surface area contributed by atoms with Crippen LogP contribution in [0.25, 0.3) is 11.0 Å². The average molecular weight is 365 g/mol. The minimum absolute atomic E-state index is 0.0129. The van der Waals surface area contributed by atoms with Gasteiger partial charge in [-0.1, -0.05) is 19.9 Å². The number of hydrogen-bond acceptors (Lipinski definition) is 4. The van der Waals surface area contributed by atoms with Gasteiger partial charge in [-0.05, 0) is 44.9 Å². The third kappa shape index (κ3) is 3.70. The number of carbonyl (C=O) groups excluding carboxylic acids is 1. The molecule has 0 radical (unpaired) electrons. The van der Waals surface area contributed by atoms with Gasteiger partial charge in [0.1, 0.15) is 0 Å². The summed E-state index contributed by atoms with van der Waals surface area (Å²) in [7, 11) is 1.87. The van der Waals surface area contributed by atoms with Crippen molar-refractivity contribution in [2.24, 2.45) is 7.05 Å². The van der Waals surface area contributed by atoms with E-state index < -0.39 is 0 Å². The van der Waals surface area contributed by atoms with Crippen molar-refractivity contribution in [2.45, 2.75) is 53.1 Å². The first kappa shape index (κ1) is 19.0. The molecule has 0 spiro atoms. The molecule has 0 atom stereocenters. The van der Waals surface area contributed by atoms with Crippen LogP contribution in [-0.4, -0.2) is 36.6 Å². The first-order valence-electron chi connectivity index (χ1n) is 9.34. The van der Waals surface area contributed by atoms with Crippen LogP contribution in [0.1, 0.15) is 61.1 Å². The van der Waals surface area contributed by atoms with Gasteiger partial charge in [0.25, 0.3) is 5.91 Å². The average Bonchev–Trinajstić information content (AvgIpc) is 2.93. The molecule has 3 rings (SSSR count). The lowest BCUT2D eigenvalue weighted by molar-refractivity contribution is 0.0689. The highest BCUT2D eigenvalue weighted by Crippen LogP contribution is 2.27. The number of aromatic nitrogens is 4. The predicted molar refractivity (Wildman–Crippen MR) is 107 cm³/mol. The highest BCUT2D eigenvalue weighted by molar-refractivity contribution is 6.06. The van der Waals surface area contributed by atoms with Crippen molar-refractivity contribution in [3.05, 3.63) is 53.1 Å². The molecular weight excluding hydrogens is 338 g/mol. The van der Waals surface area contributed by atoms with Crippen LogP contribution in [0.2, 0.25) is 0 Å². The fourth-order valence-electron chi connectivity index (χ4n) is 3.24. The molecule has 0 aromatic carbocycles. The predicted octanol–water partition coefficient (Wildman–Crippen LogP) is 3.85. The zero-order valence-corrected chi connectivity index (χ0v) is 16.9. The van der Waals surface area contributed by atoms with Crippen molar-refractivity contribution < 1.29 is 4.79 Å². The second-order valence-corrected chi connectivity index (χ2v) is 7.50. The fourth-order valence-corrected chi connectivity index (χ4v) is 3.24. The van der Waals surface area contributed by atoms with E-state index in [0.29, 0.717) is 12.1 Å². The standard InChI is InChI=1S/C21H27N5O/c1-13(2)18-11-17(19-15(5)24-25(6)20(19)23-18)21(27)26(14(3)4)12-16-9-7-8-10-22-16/h7-11,13-14H,12H2,1-6H3. The Morgan fingerprint density at radius 1 is 1.22 bits per heavy atom. The van der Waals surface area contributed by atoms with Gasteiger partial charge in [0, 0.05) is 25.0 Å². The third-order valence-electron chi connectivity index (χ3n) is 4.75. The summed E-state index contributed by atoms with van der Waals surface area (Å²) in [5, 5.41) is 5.32. The first-order valence-corrected chi connectivity index (χ1v) is 9.34. The Kier molecular flexibility index (Phi) is 5.26. The van der Waals surface area contributed by atoms with Gasteiger partial charge >= 0.3 is 0 Å². The molecule has 6 nitrogen and oxygen atoms in total. The van der Waals surface area contributed by atoms with E-state index in [4.69, 9.17) is 4.98 Å². The van der Waals surface area contributed by atoms with Crippen molar-refractivity contribution in [3.8, 4) is 0 Å². The van der Waals surface area contributed by atoms with Crippen LogP contribution in [0.4, 0.5) is 0 Å². The topological polar surface area (TPSA) is 63.9 Å². The number of carbonyl (C=O) groups is 1. The number of aryl methyl sites for hydroxylation is 2. The Labute approximate surface area is 160 Å². The van der Waals surface area contributed by atoms with E-state index in [1.807, 2.05) is 57.0 Å². The molecule has 3 aromatic heterocycles. The maximum absolute atomic E-state index is 13.6. The Morgan fingerprint density at radius 2 is 1.96 bits per heavy atom. The summed E-state index contributed by atoms with van der Waals surface area (Å²) < 4.78 is 1.76. The lowest BCUT2D eigenvalue weighted by Gasteiger charge is -2.27. The Morgan fingerprint density at radius 3 is 2.56 bits per heavy atom. The van der Waals surface area contributed by atoms with Crippen LogP contribution >= 0.6 is 0 Å². The number of rotatable bonds is 5. The molecule has 0 unspecified atom stereocenters. The third-order valence-corrected chi connectivity index (χ3v) is 4.75. The molecule has 142 valence electrons. The van der Waals surface area contributed by atoms with Gasteiger partial charge in [0.05, 0.1) is 28.9 Å². The minimum Gasteiger partial charge on any atom is -0.330 e. The van der Waals surface area contributed by atoms with E-state index in [9.17, 15) is 4.79 Å². The zero-order chi connectivity index (χ0) is 19.7. The number of nitrogens with zero attached hydrogens (tertiary/aromatic N) is 5. The second kappa shape index (κ2) is 7.47. The summed E-state index contributed by atoms with van der Waals surface area (Å²) in [4.78, 5) is 24.6. The van der Waals surface area contributed by atoms with Crippen molar-refractivity contribution in [2.75, 3.05) is 0 Å². The van der Waals surface area contributed by atoms with Crippen molar-refractivity contribution in [1.29, 1.82) is 0 Å². The van der Waals surface area contributed by atoms with E-state index in [1.54, 1.807) is 10.9 Å². The zero-order valence-electron chi connectivity index (χ0n) is 16.9. The van der Waals surface area contributed by atoms with Gasteiger partial charge in [-0.2, -0.15) is 5.10 Å². The van der Waals surface area contributed by atoms with E-state index in [2.05, 4.69) is 23.9 Å². The summed E-state index contributed by atoms with van der Waals surface area (Å²) >= 11 is 0. The first-order chi connectivity index (χ1) is 12.8. The Balaban J connectivity index is 2.12. The second-order valence-electron chi connectivity index (χ2n) is 7.50. The van der Waals surface area contributed by atoms with Crippen LogP contribution in [0, 0.1) is 6.92 Å². The van der Waals surface area contributed by atoms with Gasteiger partial charge in [-0.3, -0.25) is 14.5 Å². The molecule has 0 fully saturated rings. The highest BCUT2D eigenvalue weighted by Gasteiger charge is 2.25. The molecule has 0 N–H and O–H groups in total. The van der Waals surface area contributed by atoms with E-state index in [-0.39, 0.29) is 17.9 Å². The largest absolute Gasteiger partial charge is 0.330 e. The van der Waals surface area contributed by atoms with Gasteiger partial charge in [-0.25, -0.2) is 4.98 Å². The van der Waals surface area contributed by atoms with E-state index >= 15 is 0 Å². The molecule has 6 heteroatoms. The lowest BCUT2D eigenvalue weighted by atomic mass is 10.0. The summed E-state index contributed by atoms with van der Waals surface area (Å²) in [6.07, 6.45) is 1.76. The number of fused-ring (bicyclic) bond motifs is 1. The number of pyridine rings is 2. The van der Waals surface area contributed by atoms with Gasteiger partial charge < -0.3 is 4.90 Å². The summed E-state index contributed by atoms with van der Waals surface area (Å²) in [5.41, 5.74) is 4.01. The molecule has 0 saturated heterocycles. The van der Waals surface area contributed by atoms with Crippen molar-refractivity contribution >= 4 is 16.9 Å². The maximum atomic E-state index is 13.6. The molecule has 3 heterocycles. The molecular formula is C21H27N5O. The van der Waals surface area contributed by atoms with Crippen LogP contribution in [0.3, 0.4) is 0 Å². The Bertz CT molecular complexity index is 960. The van der Waals surface area contributed by atoms with Gasteiger partial charge in [0.15, 0.2) is 5.65 Å². The minimum atomic E-state index is -0.0129. The number of amides is 1. The summed E-state index contributed by atoms with van der Waals surface area (Å²) in [6, 6.07) is 7.74. The van der Waals surface area contributed by atoms with Crippen LogP contribution in [0.5, 0.6) is 0 Å². The molecule has 0 bridgehead atoms. The van der Waals surface area contributed by atoms with Gasteiger partial charge in [-0.15, -0.1) is 0 Å². The molecule has 3 aromatic rings. The van der Waals surface area contributed by atoms with E-state index in [1.165, 1.54) is 0 Å². The van der Waals surface area contributed by atoms with Crippen molar-refractivity contribution in [1.82, 2.24) is 24.6 Å². The van der Waals surface area contributed by atoms with Crippen LogP contribution in [-0.2, 0) is 13.6 Å². The quantitative estimate of drug-likeness (QED) is 0.689. The number of hydrogen-bond donors (Lipinski definition) is 0. The maximum Gasteiger partial charge on any atom is 0.255 e. The molecule has 0 aliphatic carbocycles. The molecule has 0 aliphatic heterocycles. The fraction of sp³-hybridized carbons (Fsp3) is 0.429. The SMILES string of the molecule is Cc1nn(C)c2nc(C(C)C)cc(C(=O)N(Cc3ccccn3)C(C)C)c12. The van der Waals surface area contributed by atoms with E-state index in [0.717, 1.165) is 28.1 Å². The molecule has 0 saturated carbocycles. The monoisotopic (exact) mass is 365 g/mol.